The lowest BCUT2D eigenvalue weighted by atomic mass is 9.65. The summed E-state index contributed by atoms with van der Waals surface area (Å²) in [7, 11) is 0. The SMILES string of the molecule is CC(C)c1ccc(-c2nn3c(nc2=O)-c2ccccc2N[C@@H]3[C@H]2CC[C@](C)(C(=O)O)C2(C)C)cc1. The third-order valence-corrected chi connectivity index (χ3v) is 8.58. The van der Waals surface area contributed by atoms with E-state index in [1.54, 1.807) is 0 Å². The van der Waals surface area contributed by atoms with Gasteiger partial charge in [0.1, 0.15) is 6.17 Å². The molecule has 2 aromatic carbocycles. The van der Waals surface area contributed by atoms with Gasteiger partial charge in [0.25, 0.3) is 5.56 Å². The lowest BCUT2D eigenvalue weighted by Gasteiger charge is -2.43. The zero-order valence-electron chi connectivity index (χ0n) is 20.9. The Kier molecular flexibility index (Phi) is 5.34. The van der Waals surface area contributed by atoms with Crippen molar-refractivity contribution < 1.29 is 9.90 Å². The third-order valence-electron chi connectivity index (χ3n) is 8.58. The van der Waals surface area contributed by atoms with Crippen LogP contribution in [0.5, 0.6) is 0 Å². The number of anilines is 1. The predicted molar refractivity (Wildman–Crippen MR) is 136 cm³/mol. The number of nitrogens with zero attached hydrogens (tertiary/aromatic N) is 3. The highest BCUT2D eigenvalue weighted by atomic mass is 16.4. The van der Waals surface area contributed by atoms with Gasteiger partial charge in [-0.2, -0.15) is 10.1 Å². The molecule has 7 heteroatoms. The molecule has 0 bridgehead atoms. The molecule has 7 nitrogen and oxygen atoms in total. The molecule has 1 aliphatic heterocycles. The van der Waals surface area contributed by atoms with Gasteiger partial charge in [-0.3, -0.25) is 9.59 Å². The van der Waals surface area contributed by atoms with Crippen LogP contribution in [-0.4, -0.2) is 25.8 Å². The number of aromatic nitrogens is 3. The van der Waals surface area contributed by atoms with Crippen LogP contribution in [0.2, 0.25) is 0 Å². The van der Waals surface area contributed by atoms with Gasteiger partial charge in [-0.15, -0.1) is 0 Å². The third kappa shape index (κ3) is 3.48. The summed E-state index contributed by atoms with van der Waals surface area (Å²) in [6, 6.07) is 15.6. The van der Waals surface area contributed by atoms with Crippen molar-refractivity contribution in [2.45, 2.75) is 59.5 Å². The van der Waals surface area contributed by atoms with Crippen LogP contribution in [0.4, 0.5) is 5.69 Å². The average Bonchev–Trinajstić information content (AvgIpc) is 3.08. The molecule has 2 heterocycles. The molecule has 1 fully saturated rings. The average molecular weight is 473 g/mol. The normalized spacial score (nSPS) is 24.5. The molecule has 0 saturated heterocycles. The predicted octanol–water partition coefficient (Wildman–Crippen LogP) is 5.55. The summed E-state index contributed by atoms with van der Waals surface area (Å²) in [5.41, 5.74) is 2.14. The van der Waals surface area contributed by atoms with Crippen molar-refractivity contribution in [3.63, 3.8) is 0 Å². The number of benzene rings is 2. The van der Waals surface area contributed by atoms with Crippen molar-refractivity contribution in [2.75, 3.05) is 5.32 Å². The second kappa shape index (κ2) is 8.04. The van der Waals surface area contributed by atoms with Gasteiger partial charge in [0.15, 0.2) is 11.5 Å². The fraction of sp³-hybridized carbons (Fsp3) is 0.429. The van der Waals surface area contributed by atoms with Crippen molar-refractivity contribution in [3.8, 4) is 22.6 Å². The van der Waals surface area contributed by atoms with Crippen molar-refractivity contribution in [2.24, 2.45) is 16.7 Å². The zero-order chi connectivity index (χ0) is 25.1. The van der Waals surface area contributed by atoms with E-state index >= 15 is 0 Å². The van der Waals surface area contributed by atoms with E-state index in [2.05, 4.69) is 24.1 Å². The van der Waals surface area contributed by atoms with Gasteiger partial charge in [0, 0.05) is 22.7 Å². The van der Waals surface area contributed by atoms with Crippen LogP contribution < -0.4 is 10.9 Å². The topological polar surface area (TPSA) is 97.1 Å². The summed E-state index contributed by atoms with van der Waals surface area (Å²) in [6.07, 6.45) is 0.964. The van der Waals surface area contributed by atoms with E-state index in [1.807, 2.05) is 74.0 Å². The lowest BCUT2D eigenvalue weighted by molar-refractivity contribution is -0.154. The molecule has 2 aliphatic rings. The molecular weight excluding hydrogens is 440 g/mol. The van der Waals surface area contributed by atoms with Gasteiger partial charge in [0.2, 0.25) is 0 Å². The molecule has 1 aromatic heterocycles. The van der Waals surface area contributed by atoms with E-state index in [-0.39, 0.29) is 17.6 Å². The molecule has 1 saturated carbocycles. The first-order valence-electron chi connectivity index (χ1n) is 12.2. The van der Waals surface area contributed by atoms with Crippen molar-refractivity contribution in [1.29, 1.82) is 0 Å². The molecule has 35 heavy (non-hydrogen) atoms. The molecule has 1 aliphatic carbocycles. The fourth-order valence-electron chi connectivity index (χ4n) is 5.75. The summed E-state index contributed by atoms with van der Waals surface area (Å²) in [5.74, 6) is 0.0802. The zero-order valence-corrected chi connectivity index (χ0v) is 20.9. The number of nitrogens with one attached hydrogen (secondary N) is 1. The maximum Gasteiger partial charge on any atom is 0.309 e. The molecule has 2 N–H and O–H groups in total. The molecule has 182 valence electrons. The second-order valence-electron chi connectivity index (χ2n) is 10.9. The number of carboxylic acid groups (broad SMARTS) is 1. The van der Waals surface area contributed by atoms with Crippen LogP contribution in [-0.2, 0) is 4.79 Å². The van der Waals surface area contributed by atoms with E-state index in [0.717, 1.165) is 23.2 Å². The number of carboxylic acids is 1. The van der Waals surface area contributed by atoms with Crippen LogP contribution in [0, 0.1) is 16.7 Å². The summed E-state index contributed by atoms with van der Waals surface area (Å²) in [4.78, 5) is 30.0. The highest BCUT2D eigenvalue weighted by molar-refractivity contribution is 5.77. The van der Waals surface area contributed by atoms with Crippen LogP contribution in [0.25, 0.3) is 22.6 Å². The first kappa shape index (κ1) is 23.3. The monoisotopic (exact) mass is 472 g/mol. The Hall–Kier alpha value is -3.48. The Morgan fingerprint density at radius 3 is 2.43 bits per heavy atom. The number of hydrogen-bond acceptors (Lipinski definition) is 5. The van der Waals surface area contributed by atoms with Crippen molar-refractivity contribution in [3.05, 3.63) is 64.4 Å². The Bertz CT molecular complexity index is 1360. The standard InChI is InChI=1S/C28H32N4O3/c1-16(2)17-10-12-18(13-11-17)22-25(33)30-23-19-8-6-7-9-21(19)29-24(32(23)31-22)20-14-15-28(5,26(34)35)27(20,3)4/h6-13,16,20,24,29H,14-15H2,1-5H3,(H,34,35)/t20-,24+,28-/m1/s1. The minimum Gasteiger partial charge on any atom is -0.481 e. The van der Waals surface area contributed by atoms with E-state index in [4.69, 9.17) is 5.10 Å². The Labute approximate surface area is 205 Å². The lowest BCUT2D eigenvalue weighted by Crippen LogP contribution is -2.45. The van der Waals surface area contributed by atoms with Gasteiger partial charge in [-0.25, -0.2) is 4.68 Å². The summed E-state index contributed by atoms with van der Waals surface area (Å²) < 4.78 is 1.81. The highest BCUT2D eigenvalue weighted by Crippen LogP contribution is 2.60. The van der Waals surface area contributed by atoms with Crippen LogP contribution in [0.1, 0.15) is 65.1 Å². The van der Waals surface area contributed by atoms with Gasteiger partial charge >= 0.3 is 5.97 Å². The van der Waals surface area contributed by atoms with Crippen molar-refractivity contribution in [1.82, 2.24) is 14.8 Å². The number of hydrogen-bond donors (Lipinski definition) is 2. The highest BCUT2D eigenvalue weighted by Gasteiger charge is 2.59. The van der Waals surface area contributed by atoms with Gasteiger partial charge in [-0.1, -0.05) is 64.1 Å². The minimum absolute atomic E-state index is 0.0383. The summed E-state index contributed by atoms with van der Waals surface area (Å²) >= 11 is 0. The Morgan fingerprint density at radius 1 is 1.11 bits per heavy atom. The summed E-state index contributed by atoms with van der Waals surface area (Å²) in [6.45, 7) is 10.2. The molecule has 0 amide bonds. The smallest absolute Gasteiger partial charge is 0.309 e. The van der Waals surface area contributed by atoms with Crippen LogP contribution in [0.15, 0.2) is 53.3 Å². The maximum absolute atomic E-state index is 13.2. The van der Waals surface area contributed by atoms with Gasteiger partial charge in [-0.05, 0) is 48.8 Å². The first-order chi connectivity index (χ1) is 16.5. The van der Waals surface area contributed by atoms with Crippen LogP contribution >= 0.6 is 0 Å². The van der Waals surface area contributed by atoms with E-state index < -0.39 is 16.8 Å². The Morgan fingerprint density at radius 2 is 1.80 bits per heavy atom. The van der Waals surface area contributed by atoms with Crippen molar-refractivity contribution >= 4 is 11.7 Å². The van der Waals surface area contributed by atoms with E-state index in [1.165, 1.54) is 5.56 Å². The largest absolute Gasteiger partial charge is 0.481 e. The number of para-hydroxylation sites is 1. The number of fused-ring (bicyclic) bond motifs is 3. The first-order valence-corrected chi connectivity index (χ1v) is 12.2. The van der Waals surface area contributed by atoms with E-state index in [9.17, 15) is 14.7 Å². The molecule has 0 spiro atoms. The molecule has 3 atom stereocenters. The maximum atomic E-state index is 13.2. The van der Waals surface area contributed by atoms with Gasteiger partial charge in [0.05, 0.1) is 5.41 Å². The molecule has 0 unspecified atom stereocenters. The molecule has 0 radical (unpaired) electrons. The second-order valence-corrected chi connectivity index (χ2v) is 10.9. The Balaban J connectivity index is 1.67. The molecular formula is C28H32N4O3. The molecule has 3 aromatic rings. The molecule has 5 rings (SSSR count). The minimum atomic E-state index is -0.863. The fourth-order valence-corrected chi connectivity index (χ4v) is 5.75. The summed E-state index contributed by atoms with van der Waals surface area (Å²) in [5, 5.41) is 18.6. The van der Waals surface area contributed by atoms with Crippen LogP contribution in [0.3, 0.4) is 0 Å². The van der Waals surface area contributed by atoms with E-state index in [0.29, 0.717) is 23.9 Å². The quantitative estimate of drug-likeness (QED) is 0.517. The van der Waals surface area contributed by atoms with Gasteiger partial charge < -0.3 is 10.4 Å². The number of aliphatic carboxylic acids is 1. The number of carbonyl (C=O) groups is 1. The number of rotatable bonds is 4.